The number of ether oxygens (including phenoxy) is 3. The monoisotopic (exact) mass is 568 g/mol. The highest BCUT2D eigenvalue weighted by Gasteiger charge is 2.40. The Hall–Kier alpha value is -1.54. The van der Waals surface area contributed by atoms with Crippen molar-refractivity contribution in [3.05, 3.63) is 53.0 Å². The Bertz CT molecular complexity index is 900. The first-order chi connectivity index (χ1) is 16.1. The molecule has 0 bridgehead atoms. The van der Waals surface area contributed by atoms with Crippen LogP contribution in [0, 0.1) is 5.92 Å². The van der Waals surface area contributed by atoms with E-state index in [2.05, 4.69) is 26.1 Å². The van der Waals surface area contributed by atoms with Gasteiger partial charge in [-0.3, -0.25) is 4.90 Å². The van der Waals surface area contributed by atoms with Gasteiger partial charge >= 0.3 is 0 Å². The first-order valence-corrected chi connectivity index (χ1v) is 13.1. The normalized spacial score (nSPS) is 22.1. The minimum Gasteiger partial charge on any atom is -0.497 e. The van der Waals surface area contributed by atoms with Crippen LogP contribution in [0.5, 0.6) is 11.5 Å². The van der Waals surface area contributed by atoms with E-state index in [0.717, 1.165) is 54.2 Å². The number of thiocarbonyl (C=S) groups is 1. The molecule has 3 unspecified atom stereocenters. The molecular formula is C26H34BrClN2O3S. The van der Waals surface area contributed by atoms with Gasteiger partial charge in [0, 0.05) is 35.2 Å². The van der Waals surface area contributed by atoms with Crippen molar-refractivity contribution in [1.29, 1.82) is 0 Å². The van der Waals surface area contributed by atoms with Gasteiger partial charge < -0.3 is 19.5 Å². The Kier molecular flexibility index (Phi) is 10.8. The zero-order chi connectivity index (χ0) is 23.0. The van der Waals surface area contributed by atoms with E-state index in [1.807, 2.05) is 48.5 Å². The van der Waals surface area contributed by atoms with Gasteiger partial charge in [0.2, 0.25) is 0 Å². The molecule has 1 saturated carbocycles. The molecule has 4 rings (SSSR count). The first kappa shape index (κ1) is 27.1. The standard InChI is InChI=1S/C26H33BrN2O3S.ClH/c1-30-21-13-9-20(10-14-21)28-26(33)32-25-15-17-29(24-6-3-2-5-23(24)25)16-4-18-31-22-11-7-19(27)8-12-22;/h7-14,23-25H,2-6,15-18H2,1H3,(H,28,33);1H. The number of hydrogen-bond acceptors (Lipinski definition) is 5. The maximum Gasteiger partial charge on any atom is 0.261 e. The highest BCUT2D eigenvalue weighted by Crippen LogP contribution is 2.37. The highest BCUT2D eigenvalue weighted by molar-refractivity contribution is 9.10. The number of methoxy groups -OCH3 is 1. The number of nitrogens with one attached hydrogen (secondary N) is 1. The number of likely N-dealkylation sites (tertiary alicyclic amines) is 1. The van der Waals surface area contributed by atoms with Crippen molar-refractivity contribution in [2.45, 2.75) is 50.7 Å². The van der Waals surface area contributed by atoms with Crippen LogP contribution in [-0.2, 0) is 4.74 Å². The van der Waals surface area contributed by atoms with Crippen LogP contribution >= 0.6 is 40.6 Å². The third kappa shape index (κ3) is 7.48. The van der Waals surface area contributed by atoms with Crippen LogP contribution in [0.4, 0.5) is 5.69 Å². The lowest BCUT2D eigenvalue weighted by Crippen LogP contribution is -2.54. The van der Waals surface area contributed by atoms with E-state index < -0.39 is 0 Å². The van der Waals surface area contributed by atoms with E-state index in [-0.39, 0.29) is 18.5 Å². The molecule has 1 aliphatic carbocycles. The minimum atomic E-state index is 0. The molecule has 34 heavy (non-hydrogen) atoms. The fourth-order valence-corrected chi connectivity index (χ4v) is 5.58. The fourth-order valence-electron chi connectivity index (χ4n) is 5.07. The number of fused-ring (bicyclic) bond motifs is 1. The smallest absolute Gasteiger partial charge is 0.261 e. The van der Waals surface area contributed by atoms with Crippen LogP contribution in [0.25, 0.3) is 0 Å². The number of benzene rings is 2. The fraction of sp³-hybridized carbons (Fsp3) is 0.500. The van der Waals surface area contributed by atoms with E-state index in [9.17, 15) is 0 Å². The lowest BCUT2D eigenvalue weighted by Gasteiger charge is -2.47. The molecule has 2 fully saturated rings. The maximum absolute atomic E-state index is 6.30. The van der Waals surface area contributed by atoms with Gasteiger partial charge in [-0.2, -0.15) is 0 Å². The Balaban J connectivity index is 0.00000324. The lowest BCUT2D eigenvalue weighted by atomic mass is 9.76. The van der Waals surface area contributed by atoms with Crippen LogP contribution in [0.2, 0.25) is 0 Å². The van der Waals surface area contributed by atoms with Gasteiger partial charge in [0.1, 0.15) is 17.6 Å². The molecule has 2 aromatic carbocycles. The molecule has 186 valence electrons. The molecule has 1 aliphatic heterocycles. The van der Waals surface area contributed by atoms with E-state index in [1.165, 1.54) is 25.7 Å². The molecule has 0 spiro atoms. The Morgan fingerprint density at radius 2 is 1.74 bits per heavy atom. The summed E-state index contributed by atoms with van der Waals surface area (Å²) in [7, 11) is 1.67. The zero-order valence-electron chi connectivity index (χ0n) is 19.6. The molecule has 0 amide bonds. The van der Waals surface area contributed by atoms with Crippen molar-refractivity contribution in [3.8, 4) is 11.5 Å². The number of hydrogen-bond donors (Lipinski definition) is 1. The summed E-state index contributed by atoms with van der Waals surface area (Å²) in [5, 5.41) is 3.69. The van der Waals surface area contributed by atoms with E-state index in [0.29, 0.717) is 17.1 Å². The molecule has 0 radical (unpaired) electrons. The second-order valence-corrected chi connectivity index (χ2v) is 10.1. The van der Waals surface area contributed by atoms with Crippen molar-refractivity contribution in [1.82, 2.24) is 4.90 Å². The number of anilines is 1. The average molecular weight is 570 g/mol. The zero-order valence-corrected chi connectivity index (χ0v) is 22.8. The largest absolute Gasteiger partial charge is 0.497 e. The first-order valence-electron chi connectivity index (χ1n) is 11.9. The van der Waals surface area contributed by atoms with Gasteiger partial charge in [0.25, 0.3) is 5.17 Å². The summed E-state index contributed by atoms with van der Waals surface area (Å²) in [4.78, 5) is 2.66. The summed E-state index contributed by atoms with van der Waals surface area (Å²) in [6.07, 6.45) is 7.27. The third-order valence-electron chi connectivity index (χ3n) is 6.70. The highest BCUT2D eigenvalue weighted by atomic mass is 79.9. The molecule has 2 aliphatic rings. The molecule has 2 aromatic rings. The molecule has 5 nitrogen and oxygen atoms in total. The number of nitrogens with zero attached hydrogens (tertiary/aromatic N) is 1. The van der Waals surface area contributed by atoms with Gasteiger partial charge in [-0.1, -0.05) is 28.8 Å². The summed E-state index contributed by atoms with van der Waals surface area (Å²) in [6.45, 7) is 2.86. The van der Waals surface area contributed by atoms with Crippen molar-refractivity contribution >= 4 is 51.4 Å². The topological polar surface area (TPSA) is 43.0 Å². The van der Waals surface area contributed by atoms with E-state index >= 15 is 0 Å². The molecule has 1 N–H and O–H groups in total. The van der Waals surface area contributed by atoms with Crippen molar-refractivity contribution in [2.75, 3.05) is 32.1 Å². The summed E-state index contributed by atoms with van der Waals surface area (Å²) >= 11 is 9.01. The van der Waals surface area contributed by atoms with Gasteiger partial charge in [0.05, 0.1) is 13.7 Å². The minimum absolute atomic E-state index is 0. The van der Waals surface area contributed by atoms with Gasteiger partial charge in [-0.05, 0) is 86.4 Å². The SMILES string of the molecule is COc1ccc(NC(=S)OC2CCN(CCCOc3ccc(Br)cc3)C3CCCCC23)cc1.Cl. The Labute approximate surface area is 223 Å². The average Bonchev–Trinajstić information content (AvgIpc) is 2.84. The molecule has 8 heteroatoms. The van der Waals surface area contributed by atoms with Crippen LogP contribution in [0.15, 0.2) is 53.0 Å². The van der Waals surface area contributed by atoms with Crippen LogP contribution < -0.4 is 14.8 Å². The Morgan fingerprint density at radius 3 is 2.47 bits per heavy atom. The van der Waals surface area contributed by atoms with Gasteiger partial charge in [0.15, 0.2) is 0 Å². The van der Waals surface area contributed by atoms with E-state index in [1.54, 1.807) is 7.11 Å². The van der Waals surface area contributed by atoms with Crippen molar-refractivity contribution in [2.24, 2.45) is 5.92 Å². The van der Waals surface area contributed by atoms with Crippen LogP contribution in [0.3, 0.4) is 0 Å². The van der Waals surface area contributed by atoms with Crippen LogP contribution in [-0.4, -0.2) is 49.0 Å². The second kappa shape index (κ2) is 13.5. The predicted molar refractivity (Wildman–Crippen MR) is 148 cm³/mol. The molecule has 1 saturated heterocycles. The summed E-state index contributed by atoms with van der Waals surface area (Å²) in [6, 6.07) is 16.4. The molecule has 3 atom stereocenters. The second-order valence-electron chi connectivity index (χ2n) is 8.79. The van der Waals surface area contributed by atoms with Crippen LogP contribution in [0.1, 0.15) is 38.5 Å². The third-order valence-corrected chi connectivity index (χ3v) is 7.42. The summed E-state index contributed by atoms with van der Waals surface area (Å²) < 4.78 is 18.5. The van der Waals surface area contributed by atoms with Crippen molar-refractivity contribution in [3.63, 3.8) is 0 Å². The Morgan fingerprint density at radius 1 is 1.03 bits per heavy atom. The number of piperidine rings is 1. The lowest BCUT2D eigenvalue weighted by molar-refractivity contribution is -0.0288. The maximum atomic E-state index is 6.30. The molecular weight excluding hydrogens is 536 g/mol. The van der Waals surface area contributed by atoms with E-state index in [4.69, 9.17) is 26.4 Å². The van der Waals surface area contributed by atoms with Gasteiger partial charge in [-0.25, -0.2) is 0 Å². The van der Waals surface area contributed by atoms with Crippen molar-refractivity contribution < 1.29 is 14.2 Å². The molecule has 0 aromatic heterocycles. The summed E-state index contributed by atoms with van der Waals surface area (Å²) in [5.74, 6) is 2.29. The quantitative estimate of drug-likeness (QED) is 0.282. The number of halogens is 2. The molecule has 1 heterocycles. The summed E-state index contributed by atoms with van der Waals surface area (Å²) in [5.41, 5.74) is 0.921. The number of rotatable bonds is 8. The predicted octanol–water partition coefficient (Wildman–Crippen LogP) is 6.70. The van der Waals surface area contributed by atoms with Gasteiger partial charge in [-0.15, -0.1) is 12.4 Å².